The van der Waals surface area contributed by atoms with Gasteiger partial charge in [0.05, 0.1) is 18.6 Å². The predicted molar refractivity (Wildman–Crippen MR) is 75.9 cm³/mol. The molecule has 0 radical (unpaired) electrons. The molecule has 0 amide bonds. The van der Waals surface area contributed by atoms with Crippen LogP contribution in [0.25, 0.3) is 0 Å². The van der Waals surface area contributed by atoms with Gasteiger partial charge in [-0.15, -0.1) is 0 Å². The summed E-state index contributed by atoms with van der Waals surface area (Å²) in [4.78, 5) is 27.2. The Bertz CT molecular complexity index is 659. The molecule has 1 aromatic heterocycles. The Morgan fingerprint density at radius 3 is 2.71 bits per heavy atom. The molecule has 2 aromatic rings. The van der Waals surface area contributed by atoms with Crippen LogP contribution < -0.4 is 0 Å². The van der Waals surface area contributed by atoms with Crippen LogP contribution in [0.5, 0.6) is 0 Å². The molecule has 21 heavy (non-hydrogen) atoms. The summed E-state index contributed by atoms with van der Waals surface area (Å²) < 4.78 is 7.06. The smallest absolute Gasteiger partial charge is 0.357 e. The van der Waals surface area contributed by atoms with Crippen molar-refractivity contribution in [2.45, 2.75) is 31.4 Å². The molecule has 0 aliphatic heterocycles. The molecule has 1 fully saturated rings. The van der Waals surface area contributed by atoms with E-state index in [9.17, 15) is 9.59 Å². The van der Waals surface area contributed by atoms with Crippen LogP contribution >= 0.6 is 0 Å². The predicted octanol–water partition coefficient (Wildman–Crippen LogP) is 2.38. The van der Waals surface area contributed by atoms with Crippen LogP contribution in [0.3, 0.4) is 0 Å². The fourth-order valence-corrected chi connectivity index (χ4v) is 2.27. The van der Waals surface area contributed by atoms with Crippen molar-refractivity contribution in [2.75, 3.05) is 0 Å². The number of imidazole rings is 1. The van der Waals surface area contributed by atoms with E-state index in [4.69, 9.17) is 4.74 Å². The molecule has 1 aliphatic carbocycles. The summed E-state index contributed by atoms with van der Waals surface area (Å²) in [6.07, 6.45) is 5.00. The summed E-state index contributed by atoms with van der Waals surface area (Å²) >= 11 is 0. The molecule has 5 nitrogen and oxygen atoms in total. The minimum Gasteiger partial charge on any atom is -0.447 e. The molecule has 5 heteroatoms. The third-order valence-electron chi connectivity index (χ3n) is 3.83. The lowest BCUT2D eigenvalue weighted by Gasteiger charge is -2.17. The Morgan fingerprint density at radius 1 is 1.38 bits per heavy atom. The first-order chi connectivity index (χ1) is 10.2. The second kappa shape index (κ2) is 5.16. The fourth-order valence-electron chi connectivity index (χ4n) is 2.27. The van der Waals surface area contributed by atoms with Crippen LogP contribution in [-0.4, -0.2) is 27.4 Å². The second-order valence-corrected chi connectivity index (χ2v) is 5.34. The van der Waals surface area contributed by atoms with Gasteiger partial charge in [-0.05, 0) is 25.3 Å². The summed E-state index contributed by atoms with van der Waals surface area (Å²) in [7, 11) is 0. The maximum atomic E-state index is 12.2. The molecule has 0 spiro atoms. The van der Waals surface area contributed by atoms with Crippen LogP contribution in [0, 0.1) is 0 Å². The molecule has 0 saturated heterocycles. The van der Waals surface area contributed by atoms with E-state index < -0.39 is 11.6 Å². The highest BCUT2D eigenvalue weighted by molar-refractivity contribution is 5.89. The van der Waals surface area contributed by atoms with Crippen molar-refractivity contribution >= 4 is 12.3 Å². The van der Waals surface area contributed by atoms with Gasteiger partial charge < -0.3 is 9.30 Å². The molecule has 3 rings (SSSR count). The van der Waals surface area contributed by atoms with E-state index in [1.165, 1.54) is 6.20 Å². The van der Waals surface area contributed by atoms with Crippen LogP contribution in [0.2, 0.25) is 0 Å². The molecular formula is C16H16N2O3. The molecule has 0 N–H and O–H groups in total. The number of carbonyl (C=O) groups excluding carboxylic acids is 2. The van der Waals surface area contributed by atoms with Gasteiger partial charge in [0.15, 0.2) is 11.9 Å². The summed E-state index contributed by atoms with van der Waals surface area (Å²) in [6.45, 7) is 1.99. The van der Waals surface area contributed by atoms with E-state index in [-0.39, 0.29) is 6.04 Å². The van der Waals surface area contributed by atoms with Crippen molar-refractivity contribution < 1.29 is 14.3 Å². The Morgan fingerprint density at radius 2 is 2.10 bits per heavy atom. The molecule has 0 bridgehead atoms. The van der Waals surface area contributed by atoms with Crippen molar-refractivity contribution in [1.29, 1.82) is 0 Å². The highest BCUT2D eigenvalue weighted by atomic mass is 16.6. The highest BCUT2D eigenvalue weighted by Gasteiger charge is 2.47. The number of rotatable bonds is 5. The molecule has 1 aliphatic rings. The monoisotopic (exact) mass is 284 g/mol. The van der Waals surface area contributed by atoms with Gasteiger partial charge in [0.1, 0.15) is 5.69 Å². The van der Waals surface area contributed by atoms with Gasteiger partial charge in [0.2, 0.25) is 0 Å². The first-order valence-corrected chi connectivity index (χ1v) is 6.92. The number of esters is 1. The van der Waals surface area contributed by atoms with E-state index >= 15 is 0 Å². The molecule has 1 heterocycles. The lowest BCUT2D eigenvalue weighted by molar-refractivity contribution is -0.117. The Balaban J connectivity index is 1.84. The maximum absolute atomic E-state index is 12.2. The average molecular weight is 284 g/mol. The number of ether oxygens (including phenoxy) is 1. The van der Waals surface area contributed by atoms with Gasteiger partial charge >= 0.3 is 5.97 Å². The number of nitrogens with zero attached hydrogens (tertiary/aromatic N) is 2. The molecule has 108 valence electrons. The second-order valence-electron chi connectivity index (χ2n) is 5.34. The van der Waals surface area contributed by atoms with Crippen molar-refractivity contribution in [2.24, 2.45) is 0 Å². The number of hydrogen-bond acceptors (Lipinski definition) is 4. The first kappa shape index (κ1) is 13.5. The number of aromatic nitrogens is 2. The van der Waals surface area contributed by atoms with Crippen molar-refractivity contribution in [3.8, 4) is 0 Å². The minimum atomic E-state index is -0.901. The number of aldehydes is 1. The number of hydrogen-bond donors (Lipinski definition) is 0. The number of carbonyl (C=O) groups is 2. The zero-order valence-electron chi connectivity index (χ0n) is 11.7. The van der Waals surface area contributed by atoms with Crippen LogP contribution in [0.1, 0.15) is 41.9 Å². The quantitative estimate of drug-likeness (QED) is 0.624. The van der Waals surface area contributed by atoms with Gasteiger partial charge in [-0.2, -0.15) is 0 Å². The van der Waals surface area contributed by atoms with Gasteiger partial charge in [-0.1, -0.05) is 30.3 Å². The van der Waals surface area contributed by atoms with Crippen LogP contribution in [0.4, 0.5) is 0 Å². The third-order valence-corrected chi connectivity index (χ3v) is 3.83. The van der Waals surface area contributed by atoms with Gasteiger partial charge in [-0.3, -0.25) is 4.79 Å². The van der Waals surface area contributed by atoms with Crippen molar-refractivity contribution in [3.05, 3.63) is 54.1 Å². The largest absolute Gasteiger partial charge is 0.447 e. The molecular weight excluding hydrogens is 268 g/mol. The van der Waals surface area contributed by atoms with E-state index in [1.807, 2.05) is 37.3 Å². The van der Waals surface area contributed by atoms with Gasteiger partial charge in [0, 0.05) is 0 Å². The molecule has 0 unspecified atom stereocenters. The van der Waals surface area contributed by atoms with E-state index in [1.54, 1.807) is 10.9 Å². The summed E-state index contributed by atoms with van der Waals surface area (Å²) in [5.74, 6) is -0.500. The maximum Gasteiger partial charge on any atom is 0.357 e. The normalized spacial score (nSPS) is 17.0. The van der Waals surface area contributed by atoms with E-state index in [0.717, 1.165) is 5.56 Å². The standard InChI is InChI=1S/C16H16N2O3/c1-12(13-5-3-2-4-6-13)18-11-17-9-14(18)15(20)21-16(10-19)7-8-16/h2-6,9-12H,7-8H2,1H3/t12-/m1/s1. The van der Waals surface area contributed by atoms with Crippen molar-refractivity contribution in [1.82, 2.24) is 9.55 Å². The third kappa shape index (κ3) is 2.59. The SMILES string of the molecule is C[C@H](c1ccccc1)n1cncc1C(=O)OC1(C=O)CC1. The van der Waals surface area contributed by atoms with E-state index in [2.05, 4.69) is 4.98 Å². The van der Waals surface area contributed by atoms with Crippen LogP contribution in [-0.2, 0) is 9.53 Å². The lowest BCUT2D eigenvalue weighted by atomic mass is 10.1. The minimum absolute atomic E-state index is 0.0392. The van der Waals surface area contributed by atoms with E-state index in [0.29, 0.717) is 24.8 Å². The average Bonchev–Trinajstić information content (AvgIpc) is 3.12. The Hall–Kier alpha value is -2.43. The first-order valence-electron chi connectivity index (χ1n) is 6.92. The molecule has 1 saturated carbocycles. The highest BCUT2D eigenvalue weighted by Crippen LogP contribution is 2.38. The summed E-state index contributed by atoms with van der Waals surface area (Å²) in [6, 6.07) is 9.79. The summed E-state index contributed by atoms with van der Waals surface area (Å²) in [5.41, 5.74) is 0.530. The van der Waals surface area contributed by atoms with Crippen molar-refractivity contribution in [3.63, 3.8) is 0 Å². The Labute approximate surface area is 122 Å². The van der Waals surface area contributed by atoms with Gasteiger partial charge in [-0.25, -0.2) is 9.78 Å². The fraction of sp³-hybridized carbons (Fsp3) is 0.312. The Kier molecular flexibility index (Phi) is 3.33. The van der Waals surface area contributed by atoms with Crippen LogP contribution in [0.15, 0.2) is 42.9 Å². The zero-order chi connectivity index (χ0) is 14.9. The summed E-state index contributed by atoms with van der Waals surface area (Å²) in [5, 5.41) is 0. The van der Waals surface area contributed by atoms with Gasteiger partial charge in [0.25, 0.3) is 0 Å². The molecule has 1 aromatic carbocycles. The lowest BCUT2D eigenvalue weighted by Crippen LogP contribution is -2.23. The number of benzene rings is 1. The molecule has 1 atom stereocenters. The topological polar surface area (TPSA) is 61.2 Å². The zero-order valence-corrected chi connectivity index (χ0v) is 11.7.